The zero-order valence-corrected chi connectivity index (χ0v) is 9.16. The first kappa shape index (κ1) is 11.9. The molecule has 0 spiro atoms. The number of nitrogens with two attached hydrogens (primary N) is 1. The first-order valence-electron chi connectivity index (χ1n) is 5.48. The van der Waals surface area contributed by atoms with Gasteiger partial charge in [0.2, 0.25) is 0 Å². The molecule has 0 bridgehead atoms. The van der Waals surface area contributed by atoms with Crippen molar-refractivity contribution in [2.45, 2.75) is 38.8 Å². The number of hydrazine groups is 1. The fourth-order valence-electron chi connectivity index (χ4n) is 2.07. The fraction of sp³-hybridized carbons (Fsp3) is 1.00. The van der Waals surface area contributed by atoms with Crippen LogP contribution in [0.4, 0.5) is 0 Å². The molecule has 1 aliphatic rings. The van der Waals surface area contributed by atoms with Crippen LogP contribution in [0.2, 0.25) is 0 Å². The van der Waals surface area contributed by atoms with Crippen LogP contribution in [0.15, 0.2) is 0 Å². The van der Waals surface area contributed by atoms with Gasteiger partial charge in [0.05, 0.1) is 18.8 Å². The Hall–Kier alpha value is -0.160. The van der Waals surface area contributed by atoms with Crippen molar-refractivity contribution in [1.82, 2.24) is 5.43 Å². The van der Waals surface area contributed by atoms with Gasteiger partial charge >= 0.3 is 0 Å². The zero-order valence-electron chi connectivity index (χ0n) is 9.16. The maximum atomic E-state index is 5.66. The Balaban J connectivity index is 2.48. The van der Waals surface area contributed by atoms with E-state index in [1.807, 2.05) is 6.92 Å². The molecule has 1 rings (SSSR count). The Kier molecular flexibility index (Phi) is 5.40. The summed E-state index contributed by atoms with van der Waals surface area (Å²) < 4.78 is 11.0. The van der Waals surface area contributed by atoms with Crippen LogP contribution >= 0.6 is 0 Å². The van der Waals surface area contributed by atoms with Gasteiger partial charge in [0.1, 0.15) is 0 Å². The summed E-state index contributed by atoms with van der Waals surface area (Å²) in [6, 6.07) is 0.224. The fourth-order valence-corrected chi connectivity index (χ4v) is 2.07. The third-order valence-corrected chi connectivity index (χ3v) is 2.85. The van der Waals surface area contributed by atoms with Gasteiger partial charge in [-0.15, -0.1) is 0 Å². The van der Waals surface area contributed by atoms with Crippen LogP contribution in [0.5, 0.6) is 0 Å². The molecule has 3 atom stereocenters. The number of nitrogens with one attached hydrogen (secondary N) is 1. The predicted octanol–water partition coefficient (Wildman–Crippen LogP) is 0.670. The lowest BCUT2D eigenvalue weighted by Gasteiger charge is -2.29. The van der Waals surface area contributed by atoms with Crippen LogP contribution in [0.3, 0.4) is 0 Å². The Bertz CT molecular complexity index is 149. The van der Waals surface area contributed by atoms with Crippen molar-refractivity contribution in [3.05, 3.63) is 0 Å². The van der Waals surface area contributed by atoms with Gasteiger partial charge in [0, 0.05) is 19.1 Å². The van der Waals surface area contributed by atoms with Crippen LogP contribution in [-0.2, 0) is 9.47 Å². The molecule has 14 heavy (non-hydrogen) atoms. The number of ether oxygens (including phenoxy) is 2. The molecule has 0 radical (unpaired) electrons. The maximum absolute atomic E-state index is 5.66. The van der Waals surface area contributed by atoms with Crippen LogP contribution in [-0.4, -0.2) is 32.0 Å². The quantitative estimate of drug-likeness (QED) is 0.491. The SMILES string of the molecule is CCOC(CC)C(NN)C1CCOC1. The van der Waals surface area contributed by atoms with Crippen LogP contribution in [0, 0.1) is 5.92 Å². The van der Waals surface area contributed by atoms with E-state index in [0.717, 1.165) is 32.7 Å². The van der Waals surface area contributed by atoms with Crippen molar-refractivity contribution in [1.29, 1.82) is 0 Å². The van der Waals surface area contributed by atoms with Gasteiger partial charge < -0.3 is 9.47 Å². The zero-order chi connectivity index (χ0) is 10.4. The molecule has 84 valence electrons. The lowest BCUT2D eigenvalue weighted by molar-refractivity contribution is 0.0131. The minimum absolute atomic E-state index is 0.205. The van der Waals surface area contributed by atoms with E-state index in [9.17, 15) is 0 Å². The third kappa shape index (κ3) is 2.92. The van der Waals surface area contributed by atoms with Gasteiger partial charge in [-0.1, -0.05) is 6.92 Å². The van der Waals surface area contributed by atoms with E-state index >= 15 is 0 Å². The Labute approximate surface area is 86.1 Å². The summed E-state index contributed by atoms with van der Waals surface area (Å²) in [5.74, 6) is 6.07. The summed E-state index contributed by atoms with van der Waals surface area (Å²) >= 11 is 0. The molecule has 1 saturated heterocycles. The van der Waals surface area contributed by atoms with E-state index in [-0.39, 0.29) is 12.1 Å². The van der Waals surface area contributed by atoms with E-state index in [2.05, 4.69) is 12.3 Å². The second kappa shape index (κ2) is 6.35. The molecule has 4 heteroatoms. The summed E-state index contributed by atoms with van der Waals surface area (Å²) in [7, 11) is 0. The maximum Gasteiger partial charge on any atom is 0.0742 e. The Morgan fingerprint density at radius 3 is 2.79 bits per heavy atom. The molecule has 0 aromatic rings. The highest BCUT2D eigenvalue weighted by Gasteiger charge is 2.30. The van der Waals surface area contributed by atoms with E-state index in [1.165, 1.54) is 0 Å². The molecular formula is C10H22N2O2. The highest BCUT2D eigenvalue weighted by atomic mass is 16.5. The highest BCUT2D eigenvalue weighted by Crippen LogP contribution is 2.21. The third-order valence-electron chi connectivity index (χ3n) is 2.85. The summed E-state index contributed by atoms with van der Waals surface area (Å²) in [6.45, 7) is 6.54. The molecule has 1 fully saturated rings. The van der Waals surface area contributed by atoms with Crippen molar-refractivity contribution < 1.29 is 9.47 Å². The molecule has 1 heterocycles. The monoisotopic (exact) mass is 202 g/mol. The first-order chi connectivity index (χ1) is 6.83. The van der Waals surface area contributed by atoms with Gasteiger partial charge in [-0.3, -0.25) is 11.3 Å². The molecular weight excluding hydrogens is 180 g/mol. The standard InChI is InChI=1S/C10H22N2O2/c1-3-9(14-4-2)10(12-11)8-5-6-13-7-8/h8-10,12H,3-7,11H2,1-2H3. The largest absolute Gasteiger partial charge is 0.381 e. The van der Waals surface area contributed by atoms with Crippen LogP contribution in [0.25, 0.3) is 0 Å². The Morgan fingerprint density at radius 2 is 2.36 bits per heavy atom. The van der Waals surface area contributed by atoms with E-state index in [1.54, 1.807) is 0 Å². The van der Waals surface area contributed by atoms with E-state index in [0.29, 0.717) is 5.92 Å². The predicted molar refractivity (Wildman–Crippen MR) is 55.7 cm³/mol. The van der Waals surface area contributed by atoms with Crippen molar-refractivity contribution in [2.75, 3.05) is 19.8 Å². The van der Waals surface area contributed by atoms with Gasteiger partial charge in [0.25, 0.3) is 0 Å². The minimum Gasteiger partial charge on any atom is -0.381 e. The molecule has 0 aliphatic carbocycles. The van der Waals surface area contributed by atoms with Gasteiger partial charge in [0.15, 0.2) is 0 Å². The second-order valence-corrected chi connectivity index (χ2v) is 3.72. The molecule has 0 aromatic carbocycles. The highest BCUT2D eigenvalue weighted by molar-refractivity contribution is 4.84. The van der Waals surface area contributed by atoms with Crippen LogP contribution in [0.1, 0.15) is 26.7 Å². The summed E-state index contributed by atoms with van der Waals surface area (Å²) in [5.41, 5.74) is 2.87. The summed E-state index contributed by atoms with van der Waals surface area (Å²) in [5, 5.41) is 0. The average Bonchev–Trinajstić information content (AvgIpc) is 2.71. The lowest BCUT2D eigenvalue weighted by Crippen LogP contribution is -2.50. The molecule has 3 unspecified atom stereocenters. The van der Waals surface area contributed by atoms with Crippen molar-refractivity contribution in [2.24, 2.45) is 11.8 Å². The number of rotatable bonds is 6. The molecule has 0 saturated carbocycles. The average molecular weight is 202 g/mol. The van der Waals surface area contributed by atoms with Gasteiger partial charge in [-0.25, -0.2) is 0 Å². The smallest absolute Gasteiger partial charge is 0.0742 e. The van der Waals surface area contributed by atoms with Crippen molar-refractivity contribution >= 4 is 0 Å². The Morgan fingerprint density at radius 1 is 1.57 bits per heavy atom. The summed E-state index contributed by atoms with van der Waals surface area (Å²) in [4.78, 5) is 0. The normalized spacial score (nSPS) is 26.4. The number of hydrogen-bond donors (Lipinski definition) is 2. The molecule has 3 N–H and O–H groups in total. The topological polar surface area (TPSA) is 56.5 Å². The molecule has 0 amide bonds. The minimum atomic E-state index is 0.205. The van der Waals surface area contributed by atoms with Crippen LogP contribution < -0.4 is 11.3 Å². The van der Waals surface area contributed by atoms with E-state index < -0.39 is 0 Å². The molecule has 1 aliphatic heterocycles. The lowest BCUT2D eigenvalue weighted by atomic mass is 9.93. The van der Waals surface area contributed by atoms with E-state index in [4.69, 9.17) is 15.3 Å². The van der Waals surface area contributed by atoms with Crippen molar-refractivity contribution in [3.63, 3.8) is 0 Å². The molecule has 0 aromatic heterocycles. The molecule has 4 nitrogen and oxygen atoms in total. The first-order valence-corrected chi connectivity index (χ1v) is 5.48. The van der Waals surface area contributed by atoms with Gasteiger partial charge in [-0.2, -0.15) is 0 Å². The summed E-state index contributed by atoms with van der Waals surface area (Å²) in [6.07, 6.45) is 2.27. The van der Waals surface area contributed by atoms with Gasteiger partial charge in [-0.05, 0) is 19.8 Å². The number of hydrogen-bond acceptors (Lipinski definition) is 4. The second-order valence-electron chi connectivity index (χ2n) is 3.72. The van der Waals surface area contributed by atoms with Crippen molar-refractivity contribution in [3.8, 4) is 0 Å².